The SMILES string of the molecule is C=CC(=O)N1CCN(c2nc(=O)n3c4c(c(-c5ccc(F)c6sc(NC)c(C#N)c56)c(C(F)(F)F)cc24)SCC(Oc2ccncc2)C3)CC1. The quantitative estimate of drug-likeness (QED) is 0.163. The zero-order valence-corrected chi connectivity index (χ0v) is 28.0. The molecule has 10 nitrogen and oxygen atoms in total. The van der Waals surface area contributed by atoms with E-state index in [-0.39, 0.29) is 92.8 Å². The van der Waals surface area contributed by atoms with Gasteiger partial charge < -0.3 is 19.9 Å². The van der Waals surface area contributed by atoms with Crippen LogP contribution in [0.3, 0.4) is 0 Å². The van der Waals surface area contributed by atoms with E-state index in [0.717, 1.165) is 35.2 Å². The number of ether oxygens (including phenoxy) is 1. The smallest absolute Gasteiger partial charge is 0.417 e. The minimum absolute atomic E-state index is 0.00911. The fourth-order valence-corrected chi connectivity index (χ4v) is 8.76. The second kappa shape index (κ2) is 13.0. The number of thioether (sulfide) groups is 1. The second-order valence-corrected chi connectivity index (χ2v) is 13.6. The molecule has 1 fully saturated rings. The summed E-state index contributed by atoms with van der Waals surface area (Å²) in [6.07, 6.45) is -1.31. The van der Waals surface area contributed by atoms with Crippen LogP contribution in [-0.4, -0.2) is 70.4 Å². The van der Waals surface area contributed by atoms with Gasteiger partial charge in [-0.05, 0) is 35.9 Å². The number of thiophene rings is 1. The number of anilines is 2. The number of aromatic nitrogens is 3. The molecule has 7 rings (SSSR count). The van der Waals surface area contributed by atoms with Gasteiger partial charge >= 0.3 is 11.9 Å². The maximum Gasteiger partial charge on any atom is 0.417 e. The molecule has 2 aliphatic rings. The van der Waals surface area contributed by atoms with Crippen LogP contribution in [0.2, 0.25) is 0 Å². The lowest BCUT2D eigenvalue weighted by Crippen LogP contribution is -2.49. The molecule has 0 bridgehead atoms. The molecule has 5 heterocycles. The van der Waals surface area contributed by atoms with Crippen LogP contribution >= 0.6 is 23.1 Å². The normalized spacial score (nSPS) is 16.3. The summed E-state index contributed by atoms with van der Waals surface area (Å²) in [4.78, 5) is 38.0. The highest BCUT2D eigenvalue weighted by Crippen LogP contribution is 2.51. The number of fused-ring (bicyclic) bond motifs is 1. The Labute approximate surface area is 290 Å². The summed E-state index contributed by atoms with van der Waals surface area (Å²) in [6.45, 7) is 4.44. The van der Waals surface area contributed by atoms with Crippen LogP contribution in [0.5, 0.6) is 5.75 Å². The van der Waals surface area contributed by atoms with Crippen molar-refractivity contribution in [2.75, 3.05) is 49.2 Å². The maximum atomic E-state index is 15.4. The summed E-state index contributed by atoms with van der Waals surface area (Å²) in [5, 5.41) is 13.5. The van der Waals surface area contributed by atoms with Crippen molar-refractivity contribution in [1.82, 2.24) is 19.4 Å². The molecule has 1 atom stereocenters. The highest BCUT2D eigenvalue weighted by Gasteiger charge is 2.40. The first-order valence-electron chi connectivity index (χ1n) is 15.4. The van der Waals surface area contributed by atoms with Crippen molar-refractivity contribution in [3.63, 3.8) is 0 Å². The van der Waals surface area contributed by atoms with E-state index < -0.39 is 29.4 Å². The third-order valence-corrected chi connectivity index (χ3v) is 11.2. The van der Waals surface area contributed by atoms with Crippen molar-refractivity contribution in [2.45, 2.75) is 23.7 Å². The lowest BCUT2D eigenvalue weighted by atomic mass is 9.92. The molecule has 2 aromatic carbocycles. The Morgan fingerprint density at radius 2 is 1.92 bits per heavy atom. The van der Waals surface area contributed by atoms with E-state index in [9.17, 15) is 14.9 Å². The zero-order valence-electron chi connectivity index (χ0n) is 26.4. The van der Waals surface area contributed by atoms with Crippen molar-refractivity contribution >= 4 is 60.8 Å². The van der Waals surface area contributed by atoms with Crippen molar-refractivity contribution in [3.05, 3.63) is 82.8 Å². The van der Waals surface area contributed by atoms with Crippen molar-refractivity contribution in [2.24, 2.45) is 0 Å². The number of piperazine rings is 1. The molecule has 1 unspecified atom stereocenters. The standard InChI is InChI=1S/C34H27F4N7O3S2/c1-3-25(46)43-10-12-44(13-11-43)31-21-14-23(34(36,37)38)27(20-4-5-24(35)29-26(20)22(15-39)32(40-2)50-29)30-28(21)45(33(47)42-31)16-19(17-49-30)48-18-6-8-41-9-7-18/h3-9,14,19,40H,1,10-13,16-17H2,2H3. The molecule has 50 heavy (non-hydrogen) atoms. The van der Waals surface area contributed by atoms with Gasteiger partial charge in [0.15, 0.2) is 0 Å². The van der Waals surface area contributed by atoms with Gasteiger partial charge in [0, 0.05) is 72.6 Å². The average Bonchev–Trinajstić information content (AvgIpc) is 3.40. The number of hydrogen-bond donors (Lipinski definition) is 1. The molecule has 0 aliphatic carbocycles. The van der Waals surface area contributed by atoms with Gasteiger partial charge in [0.25, 0.3) is 0 Å². The molecule has 256 valence electrons. The first-order chi connectivity index (χ1) is 24.0. The Bertz CT molecular complexity index is 2280. The summed E-state index contributed by atoms with van der Waals surface area (Å²) < 4.78 is 69.0. The first-order valence-corrected chi connectivity index (χ1v) is 17.2. The number of hydrogen-bond acceptors (Lipinski definition) is 10. The molecular weight excluding hydrogens is 695 g/mol. The number of amides is 1. The van der Waals surface area contributed by atoms with Crippen LogP contribution in [-0.2, 0) is 17.5 Å². The molecule has 0 saturated carbocycles. The summed E-state index contributed by atoms with van der Waals surface area (Å²) in [5.74, 6) is -0.280. The minimum Gasteiger partial charge on any atom is -0.488 e. The summed E-state index contributed by atoms with van der Waals surface area (Å²) >= 11 is 2.03. The Hall–Kier alpha value is -5.14. The molecule has 1 amide bonds. The largest absolute Gasteiger partial charge is 0.488 e. The third kappa shape index (κ3) is 5.69. The molecule has 0 spiro atoms. The van der Waals surface area contributed by atoms with Gasteiger partial charge in [0.05, 0.1) is 27.9 Å². The van der Waals surface area contributed by atoms with Crippen LogP contribution in [0.25, 0.3) is 32.1 Å². The number of pyridine rings is 1. The lowest BCUT2D eigenvalue weighted by Gasteiger charge is -2.35. The predicted molar refractivity (Wildman–Crippen MR) is 184 cm³/mol. The predicted octanol–water partition coefficient (Wildman–Crippen LogP) is 6.13. The molecule has 1 saturated heterocycles. The van der Waals surface area contributed by atoms with Crippen LogP contribution in [0.15, 0.2) is 65.1 Å². The van der Waals surface area contributed by atoms with E-state index in [1.54, 1.807) is 29.0 Å². The number of benzene rings is 2. The van der Waals surface area contributed by atoms with Gasteiger partial charge in [-0.15, -0.1) is 23.1 Å². The number of halogens is 4. The molecule has 0 radical (unpaired) electrons. The molecular formula is C34H27F4N7O3S2. The number of carbonyl (C=O) groups is 1. The number of rotatable bonds is 6. The average molecular weight is 722 g/mol. The third-order valence-electron chi connectivity index (χ3n) is 8.72. The van der Waals surface area contributed by atoms with Gasteiger partial charge in [-0.2, -0.15) is 23.4 Å². The van der Waals surface area contributed by atoms with E-state index in [0.29, 0.717) is 10.8 Å². The van der Waals surface area contributed by atoms with Gasteiger partial charge in [0.2, 0.25) is 5.91 Å². The Morgan fingerprint density at radius 1 is 1.18 bits per heavy atom. The van der Waals surface area contributed by atoms with E-state index in [4.69, 9.17) is 4.74 Å². The maximum absolute atomic E-state index is 15.4. The minimum atomic E-state index is -4.91. The van der Waals surface area contributed by atoms with E-state index in [1.165, 1.54) is 29.1 Å². The van der Waals surface area contributed by atoms with Gasteiger partial charge in [-0.3, -0.25) is 14.3 Å². The highest BCUT2D eigenvalue weighted by atomic mass is 32.2. The van der Waals surface area contributed by atoms with Crippen LogP contribution in [0, 0.1) is 17.1 Å². The number of alkyl halides is 3. The molecule has 3 aromatic heterocycles. The van der Waals surface area contributed by atoms with Crippen LogP contribution < -0.4 is 20.6 Å². The van der Waals surface area contributed by atoms with Gasteiger partial charge in [-0.25, -0.2) is 9.18 Å². The zero-order chi connectivity index (χ0) is 35.3. The van der Waals surface area contributed by atoms with Crippen LogP contribution in [0.4, 0.5) is 28.4 Å². The van der Waals surface area contributed by atoms with Crippen molar-refractivity contribution in [3.8, 4) is 22.9 Å². The summed E-state index contributed by atoms with van der Waals surface area (Å²) in [5.41, 5.74) is -1.74. The number of nitriles is 1. The Balaban J connectivity index is 1.52. The number of carbonyl (C=O) groups excluding carboxylic acids is 1. The Morgan fingerprint density at radius 3 is 2.58 bits per heavy atom. The molecule has 16 heteroatoms. The number of nitrogens with one attached hydrogen (secondary N) is 1. The molecule has 5 aromatic rings. The topological polar surface area (TPSA) is 116 Å². The fourth-order valence-electron chi connectivity index (χ4n) is 6.48. The van der Waals surface area contributed by atoms with Crippen LogP contribution in [0.1, 0.15) is 11.1 Å². The molecule has 1 N–H and O–H groups in total. The van der Waals surface area contributed by atoms with Gasteiger partial charge in [-0.1, -0.05) is 12.6 Å². The van der Waals surface area contributed by atoms with E-state index in [1.807, 2.05) is 0 Å². The second-order valence-electron chi connectivity index (χ2n) is 11.6. The fraction of sp³-hybridized carbons (Fsp3) is 0.265. The van der Waals surface area contributed by atoms with Crippen molar-refractivity contribution in [1.29, 1.82) is 5.26 Å². The first kappa shape index (κ1) is 33.4. The van der Waals surface area contributed by atoms with E-state index >= 15 is 17.6 Å². The molecule has 2 aliphatic heterocycles. The van der Waals surface area contributed by atoms with E-state index in [2.05, 4.69) is 27.9 Å². The number of nitrogens with zero attached hydrogens (tertiary/aromatic N) is 6. The van der Waals surface area contributed by atoms with Gasteiger partial charge in [0.1, 0.15) is 34.6 Å². The summed E-state index contributed by atoms with van der Waals surface area (Å²) in [6, 6.07) is 8.67. The van der Waals surface area contributed by atoms with Crippen molar-refractivity contribution < 1.29 is 27.1 Å². The summed E-state index contributed by atoms with van der Waals surface area (Å²) in [7, 11) is 1.55. The lowest BCUT2D eigenvalue weighted by molar-refractivity contribution is -0.137. The highest BCUT2D eigenvalue weighted by molar-refractivity contribution is 7.99. The monoisotopic (exact) mass is 721 g/mol. The Kier molecular flexibility index (Phi) is 8.64.